The highest BCUT2D eigenvalue weighted by molar-refractivity contribution is 6.34. The Kier molecular flexibility index (Phi) is 5.05. The minimum Gasteiger partial charge on any atom is -0.436 e. The zero-order valence-electron chi connectivity index (χ0n) is 15.4. The summed E-state index contributed by atoms with van der Waals surface area (Å²) in [5, 5.41) is 24.7. The molecule has 0 fully saturated rings. The number of oxazole rings is 1. The Morgan fingerprint density at radius 3 is 2.39 bits per heavy atom. The molecule has 0 saturated carbocycles. The van der Waals surface area contributed by atoms with Gasteiger partial charge < -0.3 is 9.73 Å². The van der Waals surface area contributed by atoms with E-state index in [0.717, 1.165) is 6.07 Å². The maximum absolute atomic E-state index is 12.7. The van der Waals surface area contributed by atoms with Crippen molar-refractivity contribution >= 4 is 45.7 Å². The number of nitro groups is 2. The lowest BCUT2D eigenvalue weighted by molar-refractivity contribution is -0.385. The molecule has 1 N–H and O–H groups in total. The molecule has 4 rings (SSSR count). The highest BCUT2D eigenvalue weighted by Crippen LogP contribution is 2.32. The van der Waals surface area contributed by atoms with Crippen molar-refractivity contribution in [3.05, 3.63) is 91.5 Å². The summed E-state index contributed by atoms with van der Waals surface area (Å²) in [6.07, 6.45) is 0. The Balaban J connectivity index is 1.71. The largest absolute Gasteiger partial charge is 0.436 e. The van der Waals surface area contributed by atoms with E-state index in [9.17, 15) is 25.0 Å². The van der Waals surface area contributed by atoms with Crippen LogP contribution in [0.25, 0.3) is 22.6 Å². The molecule has 1 amide bonds. The highest BCUT2D eigenvalue weighted by atomic mass is 35.5. The van der Waals surface area contributed by atoms with Crippen molar-refractivity contribution in [1.29, 1.82) is 0 Å². The van der Waals surface area contributed by atoms with Gasteiger partial charge in [-0.1, -0.05) is 23.7 Å². The van der Waals surface area contributed by atoms with E-state index in [0.29, 0.717) is 16.8 Å². The smallest absolute Gasteiger partial charge is 0.271 e. The van der Waals surface area contributed by atoms with Gasteiger partial charge in [-0.15, -0.1) is 0 Å². The quantitative estimate of drug-likeness (QED) is 0.332. The fourth-order valence-electron chi connectivity index (χ4n) is 2.91. The number of nitrogens with one attached hydrogen (secondary N) is 1. The third kappa shape index (κ3) is 3.91. The Labute approximate surface area is 178 Å². The number of benzene rings is 3. The minimum absolute atomic E-state index is 0.0507. The summed E-state index contributed by atoms with van der Waals surface area (Å²) in [4.78, 5) is 37.8. The summed E-state index contributed by atoms with van der Waals surface area (Å²) in [5.41, 5.74) is 0.874. The third-order valence-corrected chi connectivity index (χ3v) is 4.72. The van der Waals surface area contributed by atoms with Crippen LogP contribution in [0.3, 0.4) is 0 Å². The second-order valence-corrected chi connectivity index (χ2v) is 6.76. The van der Waals surface area contributed by atoms with Gasteiger partial charge in [0.2, 0.25) is 5.89 Å². The van der Waals surface area contributed by atoms with Crippen LogP contribution >= 0.6 is 11.6 Å². The standard InChI is InChI=1S/C20H11ClN4O6/c21-15-7-5-11(24(27)28)9-14(15)19(26)22-16-4-2-1-3-13(16)20-23-17-10-12(25(29)30)6-8-18(17)31-20/h1-10H,(H,22,26). The van der Waals surface area contributed by atoms with Crippen molar-refractivity contribution in [3.8, 4) is 11.5 Å². The zero-order valence-corrected chi connectivity index (χ0v) is 16.2. The summed E-state index contributed by atoms with van der Waals surface area (Å²) < 4.78 is 5.69. The Morgan fingerprint density at radius 2 is 1.65 bits per heavy atom. The van der Waals surface area contributed by atoms with E-state index in [1.807, 2.05) is 0 Å². The molecule has 11 heteroatoms. The Morgan fingerprint density at radius 1 is 0.968 bits per heavy atom. The summed E-state index contributed by atoms with van der Waals surface area (Å²) in [7, 11) is 0. The molecule has 0 spiro atoms. The second-order valence-electron chi connectivity index (χ2n) is 6.35. The number of carbonyl (C=O) groups excluding carboxylic acids is 1. The summed E-state index contributed by atoms with van der Waals surface area (Å²) in [6.45, 7) is 0. The first kappa shape index (κ1) is 20.0. The van der Waals surface area contributed by atoms with Gasteiger partial charge in [-0.3, -0.25) is 25.0 Å². The van der Waals surface area contributed by atoms with E-state index in [2.05, 4.69) is 10.3 Å². The van der Waals surface area contributed by atoms with Crippen LogP contribution in [0.2, 0.25) is 5.02 Å². The topological polar surface area (TPSA) is 141 Å². The third-order valence-electron chi connectivity index (χ3n) is 4.39. The number of non-ortho nitro benzene ring substituents is 2. The van der Waals surface area contributed by atoms with Gasteiger partial charge in [0, 0.05) is 24.3 Å². The van der Waals surface area contributed by atoms with E-state index in [4.69, 9.17) is 16.0 Å². The molecule has 154 valence electrons. The molecule has 0 saturated heterocycles. The molecule has 0 aliphatic rings. The molecule has 0 bridgehead atoms. The summed E-state index contributed by atoms with van der Waals surface area (Å²) in [6, 6.07) is 14.2. The molecule has 0 radical (unpaired) electrons. The van der Waals surface area contributed by atoms with E-state index < -0.39 is 15.8 Å². The van der Waals surface area contributed by atoms with Crippen LogP contribution in [0.4, 0.5) is 17.1 Å². The van der Waals surface area contributed by atoms with E-state index in [-0.39, 0.29) is 33.4 Å². The number of halogens is 1. The van der Waals surface area contributed by atoms with Gasteiger partial charge in [0.15, 0.2) is 5.58 Å². The number of nitro benzene ring substituents is 2. The van der Waals surface area contributed by atoms with Gasteiger partial charge in [0.25, 0.3) is 17.3 Å². The maximum atomic E-state index is 12.7. The molecule has 3 aromatic carbocycles. The maximum Gasteiger partial charge on any atom is 0.271 e. The molecule has 4 aromatic rings. The van der Waals surface area contributed by atoms with Crippen molar-refractivity contribution in [2.24, 2.45) is 0 Å². The van der Waals surface area contributed by atoms with Gasteiger partial charge in [-0.25, -0.2) is 4.98 Å². The molecule has 1 heterocycles. The van der Waals surface area contributed by atoms with E-state index in [1.165, 1.54) is 30.3 Å². The number of aromatic nitrogens is 1. The van der Waals surface area contributed by atoms with Gasteiger partial charge >= 0.3 is 0 Å². The lowest BCUT2D eigenvalue weighted by Gasteiger charge is -2.10. The summed E-state index contributed by atoms with van der Waals surface area (Å²) >= 11 is 6.04. The van der Waals surface area contributed by atoms with Gasteiger partial charge in [0.05, 0.1) is 31.7 Å². The van der Waals surface area contributed by atoms with E-state index >= 15 is 0 Å². The van der Waals surface area contributed by atoms with Crippen LogP contribution < -0.4 is 5.32 Å². The highest BCUT2D eigenvalue weighted by Gasteiger charge is 2.19. The lowest BCUT2D eigenvalue weighted by atomic mass is 10.1. The fourth-order valence-corrected chi connectivity index (χ4v) is 3.12. The average molecular weight is 439 g/mol. The normalized spacial score (nSPS) is 10.7. The molecule has 31 heavy (non-hydrogen) atoms. The van der Waals surface area contributed by atoms with Crippen molar-refractivity contribution in [1.82, 2.24) is 4.98 Å². The number of rotatable bonds is 5. The first-order valence-corrected chi connectivity index (χ1v) is 9.11. The number of nitrogens with zero attached hydrogens (tertiary/aromatic N) is 3. The first-order valence-electron chi connectivity index (χ1n) is 8.73. The second kappa shape index (κ2) is 7.84. The molecule has 0 aliphatic heterocycles. The number of amides is 1. The number of fused-ring (bicyclic) bond motifs is 1. The van der Waals surface area contributed by atoms with E-state index in [1.54, 1.807) is 24.3 Å². The van der Waals surface area contributed by atoms with Gasteiger partial charge in [0.1, 0.15) is 5.52 Å². The molecule has 10 nitrogen and oxygen atoms in total. The van der Waals surface area contributed by atoms with Crippen molar-refractivity contribution in [3.63, 3.8) is 0 Å². The van der Waals surface area contributed by atoms with Crippen LogP contribution in [0, 0.1) is 20.2 Å². The lowest BCUT2D eigenvalue weighted by Crippen LogP contribution is -2.13. The van der Waals surface area contributed by atoms with Crippen LogP contribution in [0.5, 0.6) is 0 Å². The monoisotopic (exact) mass is 438 g/mol. The fraction of sp³-hybridized carbons (Fsp3) is 0. The first-order chi connectivity index (χ1) is 14.8. The van der Waals surface area contributed by atoms with Gasteiger partial charge in [-0.05, 0) is 24.3 Å². The van der Waals surface area contributed by atoms with Crippen LogP contribution in [-0.4, -0.2) is 20.7 Å². The molecular formula is C20H11ClN4O6. The number of carbonyl (C=O) groups is 1. The predicted molar refractivity (Wildman–Crippen MR) is 112 cm³/mol. The SMILES string of the molecule is O=C(Nc1ccccc1-c1nc2cc([N+](=O)[O-])ccc2o1)c1cc([N+](=O)[O-])ccc1Cl. The number of anilines is 1. The molecule has 0 unspecified atom stereocenters. The Hall–Kier alpha value is -4.31. The molecule has 0 atom stereocenters. The van der Waals surface area contributed by atoms with Crippen molar-refractivity contribution in [2.75, 3.05) is 5.32 Å². The average Bonchev–Trinajstić information content (AvgIpc) is 3.17. The zero-order chi connectivity index (χ0) is 22.1. The minimum atomic E-state index is -0.659. The molecule has 0 aliphatic carbocycles. The van der Waals surface area contributed by atoms with Crippen molar-refractivity contribution < 1.29 is 19.1 Å². The van der Waals surface area contributed by atoms with Crippen LogP contribution in [0.15, 0.2) is 65.1 Å². The van der Waals surface area contributed by atoms with Crippen molar-refractivity contribution in [2.45, 2.75) is 0 Å². The number of hydrogen-bond acceptors (Lipinski definition) is 7. The molecule has 1 aromatic heterocycles. The van der Waals surface area contributed by atoms with Crippen LogP contribution in [-0.2, 0) is 0 Å². The predicted octanol–water partition coefficient (Wildman–Crippen LogP) is 5.22. The van der Waals surface area contributed by atoms with Crippen LogP contribution in [0.1, 0.15) is 10.4 Å². The summed E-state index contributed by atoms with van der Waals surface area (Å²) in [5.74, 6) is -0.524. The Bertz CT molecular complexity index is 1370. The number of para-hydroxylation sites is 1. The number of hydrogen-bond donors (Lipinski definition) is 1. The molecular weight excluding hydrogens is 428 g/mol. The van der Waals surface area contributed by atoms with Gasteiger partial charge in [-0.2, -0.15) is 0 Å².